The molecule has 0 radical (unpaired) electrons. The van der Waals surface area contributed by atoms with Crippen molar-refractivity contribution in [1.29, 1.82) is 0 Å². The van der Waals surface area contributed by atoms with E-state index in [-0.39, 0.29) is 0 Å². The van der Waals surface area contributed by atoms with E-state index in [1.165, 1.54) is 0 Å². The summed E-state index contributed by atoms with van der Waals surface area (Å²) in [5, 5.41) is 0. The van der Waals surface area contributed by atoms with Gasteiger partial charge in [0, 0.05) is 6.61 Å². The molecule has 0 aromatic rings. The van der Waals surface area contributed by atoms with Crippen LogP contribution in [0.1, 0.15) is 19.3 Å². The van der Waals surface area contributed by atoms with Gasteiger partial charge >= 0.3 is 0 Å². The number of ether oxygens (including phenoxy) is 6. The van der Waals surface area contributed by atoms with Crippen molar-refractivity contribution in [3.05, 3.63) is 12.2 Å². The maximum Gasteiger partial charge on any atom is 0.0701 e. The van der Waals surface area contributed by atoms with Crippen LogP contribution in [0.3, 0.4) is 0 Å². The molecule has 0 spiro atoms. The summed E-state index contributed by atoms with van der Waals surface area (Å²) in [6.45, 7) is 7.51. The Morgan fingerprint density at radius 2 is 0.696 bits per heavy atom. The zero-order valence-electron chi connectivity index (χ0n) is 14.2. The molecule has 6 heteroatoms. The van der Waals surface area contributed by atoms with Gasteiger partial charge in [-0.05, 0) is 19.3 Å². The van der Waals surface area contributed by atoms with Gasteiger partial charge in [-0.15, -0.1) is 0 Å². The average Bonchev–Trinajstić information content (AvgIpc) is 2.56. The lowest BCUT2D eigenvalue weighted by Gasteiger charge is -2.08. The molecule has 1 heterocycles. The van der Waals surface area contributed by atoms with E-state index in [1.807, 2.05) is 0 Å². The minimum absolute atomic E-state index is 0.579. The van der Waals surface area contributed by atoms with E-state index in [1.54, 1.807) is 0 Å². The zero-order valence-corrected chi connectivity index (χ0v) is 14.2. The fourth-order valence-corrected chi connectivity index (χ4v) is 1.89. The van der Waals surface area contributed by atoms with E-state index in [0.29, 0.717) is 66.1 Å². The van der Waals surface area contributed by atoms with Crippen molar-refractivity contribution in [2.75, 3.05) is 79.3 Å². The Balaban J connectivity index is 2.05. The van der Waals surface area contributed by atoms with Crippen LogP contribution in [0.15, 0.2) is 12.2 Å². The van der Waals surface area contributed by atoms with Crippen LogP contribution in [-0.2, 0) is 28.4 Å². The third kappa shape index (κ3) is 16.1. The molecule has 0 N–H and O–H groups in total. The Labute approximate surface area is 140 Å². The van der Waals surface area contributed by atoms with Crippen LogP contribution in [-0.4, -0.2) is 79.3 Å². The van der Waals surface area contributed by atoms with Gasteiger partial charge in [0.1, 0.15) is 0 Å². The molecule has 0 unspecified atom stereocenters. The first-order chi connectivity index (χ1) is 11.5. The molecule has 0 aliphatic carbocycles. The summed E-state index contributed by atoms with van der Waals surface area (Å²) in [5.41, 5.74) is 0. The van der Waals surface area contributed by atoms with Crippen molar-refractivity contribution < 1.29 is 28.4 Å². The maximum atomic E-state index is 5.50. The highest BCUT2D eigenvalue weighted by molar-refractivity contribution is 4.81. The van der Waals surface area contributed by atoms with Crippen molar-refractivity contribution in [3.8, 4) is 0 Å². The molecule has 0 saturated heterocycles. The van der Waals surface area contributed by atoms with Gasteiger partial charge in [-0.2, -0.15) is 0 Å². The molecule has 136 valence electrons. The second-order valence-corrected chi connectivity index (χ2v) is 5.08. The first-order valence-corrected chi connectivity index (χ1v) is 8.61. The van der Waals surface area contributed by atoms with Gasteiger partial charge in [0.15, 0.2) is 0 Å². The number of rotatable bonds is 0. The van der Waals surface area contributed by atoms with Crippen molar-refractivity contribution in [3.63, 3.8) is 0 Å². The highest BCUT2D eigenvalue weighted by atomic mass is 16.6. The highest BCUT2D eigenvalue weighted by Gasteiger charge is 1.94. The van der Waals surface area contributed by atoms with Crippen LogP contribution in [0.5, 0.6) is 0 Å². The molecule has 0 aromatic carbocycles. The van der Waals surface area contributed by atoms with Crippen LogP contribution >= 0.6 is 0 Å². The van der Waals surface area contributed by atoms with E-state index in [9.17, 15) is 0 Å². The highest BCUT2D eigenvalue weighted by Crippen LogP contribution is 1.95. The average molecular weight is 332 g/mol. The third-order valence-electron chi connectivity index (χ3n) is 3.12. The topological polar surface area (TPSA) is 55.4 Å². The van der Waals surface area contributed by atoms with E-state index in [4.69, 9.17) is 28.4 Å². The van der Waals surface area contributed by atoms with Crippen molar-refractivity contribution in [2.45, 2.75) is 19.3 Å². The fourth-order valence-electron chi connectivity index (χ4n) is 1.89. The monoisotopic (exact) mass is 332 g/mol. The lowest BCUT2D eigenvalue weighted by molar-refractivity contribution is -0.0165. The summed E-state index contributed by atoms with van der Waals surface area (Å²) < 4.78 is 32.6. The van der Waals surface area contributed by atoms with Crippen LogP contribution in [0.4, 0.5) is 0 Å². The minimum Gasteiger partial charge on any atom is -0.379 e. The molecule has 0 saturated carbocycles. The Kier molecular flexibility index (Phi) is 15.9. The Bertz CT molecular complexity index is 235. The van der Waals surface area contributed by atoms with E-state index < -0.39 is 0 Å². The molecule has 1 aliphatic heterocycles. The smallest absolute Gasteiger partial charge is 0.0701 e. The molecular weight excluding hydrogens is 300 g/mol. The van der Waals surface area contributed by atoms with Crippen LogP contribution in [0.2, 0.25) is 0 Å². The van der Waals surface area contributed by atoms with E-state index in [0.717, 1.165) is 32.5 Å². The van der Waals surface area contributed by atoms with Crippen molar-refractivity contribution >= 4 is 0 Å². The number of allylic oxidation sites excluding steroid dienone is 1. The molecule has 0 fully saturated rings. The summed E-state index contributed by atoms with van der Waals surface area (Å²) in [6.07, 6.45) is 7.36. The molecule has 0 atom stereocenters. The molecule has 23 heavy (non-hydrogen) atoms. The van der Waals surface area contributed by atoms with Gasteiger partial charge in [-0.1, -0.05) is 12.2 Å². The van der Waals surface area contributed by atoms with Gasteiger partial charge in [-0.25, -0.2) is 0 Å². The largest absolute Gasteiger partial charge is 0.379 e. The summed E-state index contributed by atoms with van der Waals surface area (Å²) in [7, 11) is 0. The first-order valence-electron chi connectivity index (χ1n) is 8.61. The first kappa shape index (κ1) is 20.5. The van der Waals surface area contributed by atoms with Crippen LogP contribution < -0.4 is 0 Å². The third-order valence-corrected chi connectivity index (χ3v) is 3.12. The Morgan fingerprint density at radius 1 is 0.348 bits per heavy atom. The molecule has 6 nitrogen and oxygen atoms in total. The predicted molar refractivity (Wildman–Crippen MR) is 87.9 cm³/mol. The quantitative estimate of drug-likeness (QED) is 0.631. The van der Waals surface area contributed by atoms with Crippen molar-refractivity contribution in [2.24, 2.45) is 0 Å². The lowest BCUT2D eigenvalue weighted by atomic mass is 10.3. The number of hydrogen-bond donors (Lipinski definition) is 0. The molecule has 0 aromatic heterocycles. The molecule has 1 rings (SSSR count). The maximum absolute atomic E-state index is 5.50. The van der Waals surface area contributed by atoms with Gasteiger partial charge in [0.25, 0.3) is 0 Å². The minimum atomic E-state index is 0.579. The number of hydrogen-bond acceptors (Lipinski definition) is 6. The van der Waals surface area contributed by atoms with Gasteiger partial charge in [0.05, 0.1) is 72.7 Å². The second-order valence-electron chi connectivity index (χ2n) is 5.08. The fraction of sp³-hybridized carbons (Fsp3) is 0.882. The standard InChI is InChI=1S/C17H32O6/c1-2-4-6-18-8-10-20-12-14-22-16-17-23-15-13-21-11-9-19-7-5-3-1/h1-2H,3-17H2/b2-1+. The molecule has 1 aliphatic rings. The van der Waals surface area contributed by atoms with Gasteiger partial charge in [0.2, 0.25) is 0 Å². The molecule has 0 bridgehead atoms. The summed E-state index contributed by atoms with van der Waals surface area (Å²) in [6, 6.07) is 0. The molecule has 0 amide bonds. The SMILES string of the molecule is C1=C/CCOCCOCCOCCOCCOCCOCCC/1. The van der Waals surface area contributed by atoms with Crippen molar-refractivity contribution in [1.82, 2.24) is 0 Å². The normalized spacial score (nSPS) is 24.7. The van der Waals surface area contributed by atoms with Crippen LogP contribution in [0, 0.1) is 0 Å². The zero-order chi connectivity index (χ0) is 16.3. The Morgan fingerprint density at radius 3 is 1.17 bits per heavy atom. The second kappa shape index (κ2) is 17.8. The van der Waals surface area contributed by atoms with Gasteiger partial charge in [-0.3, -0.25) is 0 Å². The van der Waals surface area contributed by atoms with Crippen LogP contribution in [0.25, 0.3) is 0 Å². The predicted octanol–water partition coefficient (Wildman–Crippen LogP) is 1.83. The van der Waals surface area contributed by atoms with E-state index in [2.05, 4.69) is 12.2 Å². The van der Waals surface area contributed by atoms with Gasteiger partial charge < -0.3 is 28.4 Å². The summed E-state index contributed by atoms with van der Waals surface area (Å²) >= 11 is 0. The lowest BCUT2D eigenvalue weighted by Crippen LogP contribution is -2.14. The summed E-state index contributed by atoms with van der Waals surface area (Å²) in [4.78, 5) is 0. The van der Waals surface area contributed by atoms with E-state index >= 15 is 0 Å². The Hall–Kier alpha value is -0.500. The molecular formula is C17H32O6. The summed E-state index contributed by atoms with van der Waals surface area (Å²) in [5.74, 6) is 0.